The minimum absolute atomic E-state index is 0.0243. The molecule has 1 aromatic heterocycles. The largest absolute Gasteiger partial charge is 0.506 e. The van der Waals surface area contributed by atoms with E-state index in [1.807, 2.05) is 13.0 Å². The third-order valence-electron chi connectivity index (χ3n) is 2.55. The molecule has 1 aromatic carbocycles. The number of aryl methyl sites for hydroxylation is 1. The van der Waals surface area contributed by atoms with Crippen LogP contribution >= 0.6 is 12.2 Å². The second-order valence-electron chi connectivity index (χ2n) is 4.00. The SMILES string of the molecule is Cc1ccc2[nH]c(=O)c(/C=N/NC(N)=S)c(O)c2c1. The Bertz CT molecular complexity index is 736. The average molecular weight is 276 g/mol. The molecule has 0 aliphatic carbocycles. The van der Waals surface area contributed by atoms with Crippen molar-refractivity contribution in [1.82, 2.24) is 10.4 Å². The minimum Gasteiger partial charge on any atom is -0.506 e. The molecule has 0 bridgehead atoms. The molecule has 0 radical (unpaired) electrons. The summed E-state index contributed by atoms with van der Waals surface area (Å²) in [5.41, 5.74) is 8.66. The summed E-state index contributed by atoms with van der Waals surface area (Å²) in [6.45, 7) is 1.90. The van der Waals surface area contributed by atoms with Crippen molar-refractivity contribution in [3.8, 4) is 5.75 Å². The van der Waals surface area contributed by atoms with Crippen LogP contribution in [0.1, 0.15) is 11.1 Å². The van der Waals surface area contributed by atoms with E-state index in [0.717, 1.165) is 5.56 Å². The van der Waals surface area contributed by atoms with Gasteiger partial charge < -0.3 is 15.8 Å². The van der Waals surface area contributed by atoms with Gasteiger partial charge in [-0.25, -0.2) is 0 Å². The van der Waals surface area contributed by atoms with Gasteiger partial charge in [0.2, 0.25) is 0 Å². The van der Waals surface area contributed by atoms with Crippen molar-refractivity contribution in [2.24, 2.45) is 10.8 Å². The molecule has 7 heteroatoms. The van der Waals surface area contributed by atoms with Crippen molar-refractivity contribution in [3.63, 3.8) is 0 Å². The fourth-order valence-corrected chi connectivity index (χ4v) is 1.74. The number of aromatic amines is 1. The van der Waals surface area contributed by atoms with Crippen LogP contribution in [-0.2, 0) is 0 Å². The third-order valence-corrected chi connectivity index (χ3v) is 2.64. The van der Waals surface area contributed by atoms with Crippen LogP contribution in [0.2, 0.25) is 0 Å². The van der Waals surface area contributed by atoms with Gasteiger partial charge in [-0.05, 0) is 31.3 Å². The first-order valence-electron chi connectivity index (χ1n) is 5.43. The lowest BCUT2D eigenvalue weighted by Gasteiger charge is -2.05. The number of thiocarbonyl (C=S) groups is 1. The first-order valence-corrected chi connectivity index (χ1v) is 5.84. The van der Waals surface area contributed by atoms with Crippen LogP contribution < -0.4 is 16.7 Å². The van der Waals surface area contributed by atoms with E-state index in [1.54, 1.807) is 12.1 Å². The first kappa shape index (κ1) is 13.0. The summed E-state index contributed by atoms with van der Waals surface area (Å²) in [6.07, 6.45) is 1.18. The number of nitrogens with two attached hydrogens (primary N) is 1. The summed E-state index contributed by atoms with van der Waals surface area (Å²) >= 11 is 4.58. The molecule has 19 heavy (non-hydrogen) atoms. The highest BCUT2D eigenvalue weighted by Crippen LogP contribution is 2.24. The van der Waals surface area contributed by atoms with E-state index in [-0.39, 0.29) is 16.4 Å². The number of hydrogen-bond acceptors (Lipinski definition) is 4. The number of aromatic nitrogens is 1. The Kier molecular flexibility index (Phi) is 3.48. The molecule has 0 saturated carbocycles. The van der Waals surface area contributed by atoms with Crippen LogP contribution in [0.3, 0.4) is 0 Å². The number of aromatic hydroxyl groups is 1. The molecule has 1 heterocycles. The number of benzene rings is 1. The van der Waals surface area contributed by atoms with Crippen molar-refractivity contribution in [3.05, 3.63) is 39.7 Å². The Morgan fingerprint density at radius 3 is 3.00 bits per heavy atom. The highest BCUT2D eigenvalue weighted by atomic mass is 32.1. The molecule has 0 atom stereocenters. The molecule has 0 fully saturated rings. The zero-order valence-corrected chi connectivity index (χ0v) is 10.9. The molecular formula is C12H12N4O2S. The van der Waals surface area contributed by atoms with Crippen LogP contribution in [0.15, 0.2) is 28.1 Å². The third kappa shape index (κ3) is 2.71. The molecule has 5 N–H and O–H groups in total. The van der Waals surface area contributed by atoms with Crippen molar-refractivity contribution in [1.29, 1.82) is 0 Å². The number of hydrogen-bond donors (Lipinski definition) is 4. The normalized spacial score (nSPS) is 11.0. The fourth-order valence-electron chi connectivity index (χ4n) is 1.69. The lowest BCUT2D eigenvalue weighted by Crippen LogP contribution is -2.24. The van der Waals surface area contributed by atoms with E-state index in [4.69, 9.17) is 5.73 Å². The van der Waals surface area contributed by atoms with Gasteiger partial charge in [0, 0.05) is 5.39 Å². The highest BCUT2D eigenvalue weighted by Gasteiger charge is 2.10. The van der Waals surface area contributed by atoms with Gasteiger partial charge >= 0.3 is 0 Å². The summed E-state index contributed by atoms with van der Waals surface area (Å²) < 4.78 is 0. The van der Waals surface area contributed by atoms with Crippen molar-refractivity contribution >= 4 is 34.4 Å². The molecule has 0 unspecified atom stereocenters. The summed E-state index contributed by atoms with van der Waals surface area (Å²) in [4.78, 5) is 14.5. The molecule has 98 valence electrons. The lowest BCUT2D eigenvalue weighted by molar-refractivity contribution is 0.479. The smallest absolute Gasteiger partial charge is 0.261 e. The molecule has 0 saturated heterocycles. The van der Waals surface area contributed by atoms with E-state index in [9.17, 15) is 9.90 Å². The summed E-state index contributed by atoms with van der Waals surface area (Å²) in [6, 6.07) is 5.36. The Balaban J connectivity index is 2.58. The molecule has 0 spiro atoms. The second kappa shape index (κ2) is 5.07. The quantitative estimate of drug-likeness (QED) is 0.367. The van der Waals surface area contributed by atoms with Gasteiger partial charge in [0.15, 0.2) is 5.11 Å². The molecule has 0 amide bonds. The Morgan fingerprint density at radius 2 is 2.32 bits per heavy atom. The summed E-state index contributed by atoms with van der Waals surface area (Å²) in [5, 5.41) is 14.3. The predicted octanol–water partition coefficient (Wildman–Crippen LogP) is 0.709. The van der Waals surface area contributed by atoms with Gasteiger partial charge in [-0.15, -0.1) is 0 Å². The van der Waals surface area contributed by atoms with Crippen LogP contribution in [0.4, 0.5) is 0 Å². The Morgan fingerprint density at radius 1 is 1.58 bits per heavy atom. The average Bonchev–Trinajstić information content (AvgIpc) is 2.34. The van der Waals surface area contributed by atoms with E-state index in [1.165, 1.54) is 6.21 Å². The van der Waals surface area contributed by atoms with Gasteiger partial charge in [-0.1, -0.05) is 11.6 Å². The zero-order chi connectivity index (χ0) is 14.0. The monoisotopic (exact) mass is 276 g/mol. The van der Waals surface area contributed by atoms with E-state index in [0.29, 0.717) is 10.9 Å². The number of rotatable bonds is 2. The summed E-state index contributed by atoms with van der Waals surface area (Å²) in [5.74, 6) is -0.129. The first-order chi connectivity index (χ1) is 8.99. The molecular weight excluding hydrogens is 264 g/mol. The van der Waals surface area contributed by atoms with E-state index < -0.39 is 5.56 Å². The number of fused-ring (bicyclic) bond motifs is 1. The van der Waals surface area contributed by atoms with Crippen LogP contribution in [0.5, 0.6) is 5.75 Å². The highest BCUT2D eigenvalue weighted by molar-refractivity contribution is 7.80. The van der Waals surface area contributed by atoms with Crippen molar-refractivity contribution in [2.75, 3.05) is 0 Å². The van der Waals surface area contributed by atoms with Crippen molar-refractivity contribution < 1.29 is 5.11 Å². The summed E-state index contributed by atoms with van der Waals surface area (Å²) in [7, 11) is 0. The van der Waals surface area contributed by atoms with Crippen LogP contribution in [0, 0.1) is 6.92 Å². The van der Waals surface area contributed by atoms with Gasteiger partial charge in [0.05, 0.1) is 11.7 Å². The molecule has 0 aliphatic rings. The number of nitrogens with zero attached hydrogens (tertiary/aromatic N) is 1. The van der Waals surface area contributed by atoms with Crippen molar-refractivity contribution in [2.45, 2.75) is 6.92 Å². The maximum absolute atomic E-state index is 11.8. The number of hydrazone groups is 1. The van der Waals surface area contributed by atoms with E-state index >= 15 is 0 Å². The standard InChI is InChI=1S/C12H12N4O2S/c1-6-2-3-9-7(4-6)10(17)8(11(18)15-9)5-14-16-12(13)19/h2-5H,1H3,(H3,13,16,19)(H2,15,17,18)/b14-5+. The molecule has 2 aromatic rings. The number of nitrogens with one attached hydrogen (secondary N) is 2. The molecule has 6 nitrogen and oxygen atoms in total. The second-order valence-corrected chi connectivity index (χ2v) is 4.44. The van der Waals surface area contributed by atoms with E-state index in [2.05, 4.69) is 27.7 Å². The Hall–Kier alpha value is -2.41. The number of pyridine rings is 1. The van der Waals surface area contributed by atoms with Gasteiger partial charge in [-0.2, -0.15) is 5.10 Å². The lowest BCUT2D eigenvalue weighted by atomic mass is 10.1. The zero-order valence-electron chi connectivity index (χ0n) is 10.1. The fraction of sp³-hybridized carbons (Fsp3) is 0.0833. The maximum atomic E-state index is 11.8. The van der Waals surface area contributed by atoms with Crippen LogP contribution in [-0.4, -0.2) is 21.4 Å². The van der Waals surface area contributed by atoms with Gasteiger partial charge in [0.1, 0.15) is 11.3 Å². The molecule has 2 rings (SSSR count). The number of H-pyrrole nitrogens is 1. The predicted molar refractivity (Wildman–Crippen MR) is 78.5 cm³/mol. The molecule has 0 aliphatic heterocycles. The minimum atomic E-state index is -0.442. The topological polar surface area (TPSA) is 104 Å². The van der Waals surface area contributed by atoms with Gasteiger partial charge in [0.25, 0.3) is 5.56 Å². The Labute approximate surface area is 113 Å². The van der Waals surface area contributed by atoms with Gasteiger partial charge in [-0.3, -0.25) is 10.2 Å². The van der Waals surface area contributed by atoms with Crippen LogP contribution in [0.25, 0.3) is 10.9 Å². The maximum Gasteiger partial charge on any atom is 0.261 e.